The zero-order valence-corrected chi connectivity index (χ0v) is 18.8. The third-order valence-corrected chi connectivity index (χ3v) is 7.16. The van der Waals surface area contributed by atoms with E-state index in [1.807, 2.05) is 35.2 Å². The fourth-order valence-electron chi connectivity index (χ4n) is 3.88. The van der Waals surface area contributed by atoms with Gasteiger partial charge in [0.1, 0.15) is 10.6 Å². The molecule has 1 aliphatic rings. The number of thiazole rings is 1. The Morgan fingerprint density at radius 2 is 1.91 bits per heavy atom. The van der Waals surface area contributed by atoms with Crippen LogP contribution in [0.5, 0.6) is 0 Å². The molecular formula is C23H17N5O3S2. The van der Waals surface area contributed by atoms with Crippen LogP contribution in [0, 0.1) is 11.3 Å². The van der Waals surface area contributed by atoms with Gasteiger partial charge in [0.25, 0.3) is 10.1 Å². The number of aryl methyl sites for hydroxylation is 1. The quantitative estimate of drug-likeness (QED) is 0.289. The number of hydrogen-bond acceptors (Lipinski definition) is 8. The van der Waals surface area contributed by atoms with E-state index in [1.165, 1.54) is 17.4 Å². The minimum atomic E-state index is -4.54. The Morgan fingerprint density at radius 3 is 2.67 bits per heavy atom. The van der Waals surface area contributed by atoms with Gasteiger partial charge in [0.15, 0.2) is 0 Å². The van der Waals surface area contributed by atoms with E-state index < -0.39 is 10.1 Å². The number of rotatable bonds is 4. The van der Waals surface area contributed by atoms with E-state index in [1.54, 1.807) is 24.3 Å². The predicted molar refractivity (Wildman–Crippen MR) is 127 cm³/mol. The largest absolute Gasteiger partial charge is 0.341 e. The van der Waals surface area contributed by atoms with Crippen molar-refractivity contribution in [3.05, 3.63) is 71.8 Å². The van der Waals surface area contributed by atoms with Crippen molar-refractivity contribution in [3.8, 4) is 6.07 Å². The van der Waals surface area contributed by atoms with Crippen LogP contribution >= 0.6 is 11.3 Å². The van der Waals surface area contributed by atoms with Crippen LogP contribution in [0.15, 0.2) is 75.8 Å². The molecule has 0 radical (unpaired) electrons. The van der Waals surface area contributed by atoms with Gasteiger partial charge in [-0.05, 0) is 60.9 Å². The summed E-state index contributed by atoms with van der Waals surface area (Å²) in [6.45, 7) is 0.735. The highest BCUT2D eigenvalue weighted by Crippen LogP contribution is 2.40. The first kappa shape index (κ1) is 21.2. The predicted octanol–water partition coefficient (Wildman–Crippen LogP) is 5.91. The molecule has 1 aliphatic heterocycles. The maximum Gasteiger partial charge on any atom is 0.296 e. The second-order valence-corrected chi connectivity index (χ2v) is 9.90. The second kappa shape index (κ2) is 8.37. The third-order valence-electron chi connectivity index (χ3n) is 5.37. The molecule has 33 heavy (non-hydrogen) atoms. The zero-order valence-electron chi connectivity index (χ0n) is 17.2. The number of nitriles is 1. The smallest absolute Gasteiger partial charge is 0.296 e. The van der Waals surface area contributed by atoms with Crippen molar-refractivity contribution in [1.82, 2.24) is 4.98 Å². The van der Waals surface area contributed by atoms with Crippen molar-refractivity contribution >= 4 is 53.9 Å². The van der Waals surface area contributed by atoms with Gasteiger partial charge in [0.2, 0.25) is 5.13 Å². The summed E-state index contributed by atoms with van der Waals surface area (Å²) in [7, 11) is -4.54. The number of benzene rings is 3. The number of anilines is 2. The first-order chi connectivity index (χ1) is 15.9. The van der Waals surface area contributed by atoms with Crippen molar-refractivity contribution in [2.75, 3.05) is 11.4 Å². The molecule has 0 atom stereocenters. The highest BCUT2D eigenvalue weighted by atomic mass is 32.2. The van der Waals surface area contributed by atoms with Crippen molar-refractivity contribution in [1.29, 1.82) is 5.26 Å². The molecule has 164 valence electrons. The molecule has 0 spiro atoms. The molecule has 0 unspecified atom stereocenters. The highest BCUT2D eigenvalue weighted by Gasteiger charge is 2.25. The number of nitrogens with zero attached hydrogens (tertiary/aromatic N) is 5. The minimum absolute atomic E-state index is 0.0585. The van der Waals surface area contributed by atoms with E-state index in [0.717, 1.165) is 41.0 Å². The summed E-state index contributed by atoms with van der Waals surface area (Å²) in [4.78, 5) is 6.09. The summed E-state index contributed by atoms with van der Waals surface area (Å²) in [5.41, 5.74) is 3.84. The van der Waals surface area contributed by atoms with Gasteiger partial charge in [-0.2, -0.15) is 13.7 Å². The van der Waals surface area contributed by atoms with Crippen LogP contribution < -0.4 is 4.90 Å². The number of hydrogen-bond donors (Lipinski definition) is 1. The molecule has 5 rings (SSSR count). The van der Waals surface area contributed by atoms with Crippen LogP contribution in [0.4, 0.5) is 22.2 Å². The molecule has 4 aromatic rings. The molecule has 10 heteroatoms. The second-order valence-electron chi connectivity index (χ2n) is 7.51. The van der Waals surface area contributed by atoms with Crippen LogP contribution in [-0.4, -0.2) is 24.5 Å². The summed E-state index contributed by atoms with van der Waals surface area (Å²) in [5, 5.41) is 17.6. The lowest BCUT2D eigenvalue weighted by atomic mass is 10.00. The molecule has 0 saturated heterocycles. The minimum Gasteiger partial charge on any atom is -0.341 e. The molecule has 0 saturated carbocycles. The van der Waals surface area contributed by atoms with Gasteiger partial charge in [-0.25, -0.2) is 4.98 Å². The van der Waals surface area contributed by atoms with Gasteiger partial charge in [-0.15, -0.1) is 10.2 Å². The van der Waals surface area contributed by atoms with Gasteiger partial charge in [0, 0.05) is 17.9 Å². The van der Waals surface area contributed by atoms with E-state index in [9.17, 15) is 13.0 Å². The Morgan fingerprint density at radius 1 is 1.09 bits per heavy atom. The Hall–Kier alpha value is -3.65. The van der Waals surface area contributed by atoms with Crippen LogP contribution in [-0.2, 0) is 16.5 Å². The Balaban J connectivity index is 1.57. The summed E-state index contributed by atoms with van der Waals surface area (Å²) in [6.07, 6.45) is 1.65. The van der Waals surface area contributed by atoms with Gasteiger partial charge in [0.05, 0.1) is 21.8 Å². The van der Waals surface area contributed by atoms with Crippen LogP contribution in [0.2, 0.25) is 0 Å². The average Bonchev–Trinajstić information content (AvgIpc) is 3.23. The van der Waals surface area contributed by atoms with Crippen molar-refractivity contribution in [2.45, 2.75) is 17.7 Å². The topological polar surface area (TPSA) is 119 Å². The molecule has 0 aliphatic carbocycles. The van der Waals surface area contributed by atoms with E-state index in [4.69, 9.17) is 5.26 Å². The molecule has 2 heterocycles. The van der Waals surface area contributed by atoms with Gasteiger partial charge in [-0.1, -0.05) is 29.5 Å². The van der Waals surface area contributed by atoms with Crippen LogP contribution in [0.3, 0.4) is 0 Å². The molecule has 1 aromatic heterocycles. The molecule has 3 aromatic carbocycles. The maximum absolute atomic E-state index is 12.2. The van der Waals surface area contributed by atoms with Crippen molar-refractivity contribution in [2.24, 2.45) is 10.2 Å². The van der Waals surface area contributed by atoms with E-state index >= 15 is 0 Å². The molecule has 8 nitrogen and oxygen atoms in total. The van der Waals surface area contributed by atoms with E-state index in [0.29, 0.717) is 16.2 Å². The first-order valence-electron chi connectivity index (χ1n) is 10.1. The maximum atomic E-state index is 12.2. The fraction of sp³-hybridized carbons (Fsp3) is 0.130. The van der Waals surface area contributed by atoms with Gasteiger partial charge < -0.3 is 4.90 Å². The number of azo groups is 1. The SMILES string of the molecule is N#Cc1ccc2nc(N=Nc3cc4c(cc3S(=O)(=O)O)N(c3ccccc3)CCC4)sc2c1. The van der Waals surface area contributed by atoms with Crippen LogP contribution in [0.1, 0.15) is 17.5 Å². The Bertz CT molecular complexity index is 1540. The fourth-order valence-corrected chi connectivity index (χ4v) is 5.33. The molecule has 0 amide bonds. The molecule has 0 fully saturated rings. The summed E-state index contributed by atoms with van der Waals surface area (Å²) in [5.74, 6) is 0. The highest BCUT2D eigenvalue weighted by molar-refractivity contribution is 7.86. The lowest BCUT2D eigenvalue weighted by Gasteiger charge is -2.32. The third kappa shape index (κ3) is 4.21. The molecule has 0 bridgehead atoms. The standard InChI is InChI=1S/C23H17N5O3S2/c24-14-15-8-9-18-21(11-15)32-23(25-18)27-26-19-12-16-5-4-10-28(17-6-2-1-3-7-17)20(16)13-22(19)33(29,30)31/h1-3,6-9,11-13H,4-5,10H2,(H,29,30,31). The number of para-hydroxylation sites is 1. The van der Waals surface area contributed by atoms with E-state index in [2.05, 4.69) is 21.3 Å². The Kier molecular flexibility index (Phi) is 5.38. The van der Waals surface area contributed by atoms with E-state index in [-0.39, 0.29) is 10.6 Å². The lowest BCUT2D eigenvalue weighted by Crippen LogP contribution is -2.24. The van der Waals surface area contributed by atoms with Crippen molar-refractivity contribution in [3.63, 3.8) is 0 Å². The summed E-state index contributed by atoms with van der Waals surface area (Å²) in [6, 6.07) is 20.0. The number of aromatic nitrogens is 1. The van der Waals surface area contributed by atoms with Gasteiger partial charge in [-0.3, -0.25) is 4.55 Å². The molecule has 1 N–H and O–H groups in total. The Labute approximate surface area is 194 Å². The van der Waals surface area contributed by atoms with Crippen LogP contribution in [0.25, 0.3) is 10.2 Å². The lowest BCUT2D eigenvalue weighted by molar-refractivity contribution is 0.483. The monoisotopic (exact) mass is 475 g/mol. The summed E-state index contributed by atoms with van der Waals surface area (Å²) < 4.78 is 35.1. The summed E-state index contributed by atoms with van der Waals surface area (Å²) >= 11 is 1.24. The van der Waals surface area contributed by atoms with Gasteiger partial charge >= 0.3 is 0 Å². The average molecular weight is 476 g/mol. The first-order valence-corrected chi connectivity index (χ1v) is 12.4. The van der Waals surface area contributed by atoms with Crippen molar-refractivity contribution < 1.29 is 13.0 Å². The zero-order chi connectivity index (χ0) is 23.0. The number of fused-ring (bicyclic) bond motifs is 2. The molecular weight excluding hydrogens is 458 g/mol. The normalized spacial score (nSPS) is 13.9.